The van der Waals surface area contributed by atoms with E-state index in [4.69, 9.17) is 0 Å². The van der Waals surface area contributed by atoms with Crippen LogP contribution in [0.4, 0.5) is 5.69 Å². The summed E-state index contributed by atoms with van der Waals surface area (Å²) in [6, 6.07) is 10.4. The predicted molar refractivity (Wildman–Crippen MR) is 122 cm³/mol. The first-order valence-electron chi connectivity index (χ1n) is 11.5. The highest BCUT2D eigenvalue weighted by atomic mass is 16.2. The third kappa shape index (κ3) is 5.33. The minimum atomic E-state index is -0.268. The van der Waals surface area contributed by atoms with E-state index in [1.165, 1.54) is 19.0 Å². The lowest BCUT2D eigenvalue weighted by molar-refractivity contribution is -0.136. The van der Waals surface area contributed by atoms with Gasteiger partial charge in [0.2, 0.25) is 5.91 Å². The highest BCUT2D eigenvalue weighted by Gasteiger charge is 2.30. The Bertz CT molecular complexity index is 947. The van der Waals surface area contributed by atoms with Crippen molar-refractivity contribution in [1.82, 2.24) is 14.8 Å². The third-order valence-corrected chi connectivity index (χ3v) is 6.34. The molecule has 0 aliphatic carbocycles. The van der Waals surface area contributed by atoms with Gasteiger partial charge in [0.15, 0.2) is 0 Å². The van der Waals surface area contributed by atoms with Crippen molar-refractivity contribution in [2.45, 2.75) is 38.5 Å². The number of likely N-dealkylation sites (tertiary alicyclic amines) is 2. The molecule has 2 saturated heterocycles. The number of aromatic nitrogens is 1. The second kappa shape index (κ2) is 10.4. The van der Waals surface area contributed by atoms with Crippen LogP contribution in [0.1, 0.15) is 59.2 Å². The SMILES string of the molecule is O=C(Nc1cccc(C(=O)N2CCC(C(=O)N3CCCCCC3)CC2)c1)c1cccnc1. The van der Waals surface area contributed by atoms with Crippen molar-refractivity contribution in [2.24, 2.45) is 5.92 Å². The van der Waals surface area contributed by atoms with Gasteiger partial charge in [-0.3, -0.25) is 19.4 Å². The number of piperidine rings is 1. The summed E-state index contributed by atoms with van der Waals surface area (Å²) in [6.45, 7) is 2.90. The first-order valence-corrected chi connectivity index (χ1v) is 11.5. The Balaban J connectivity index is 1.33. The van der Waals surface area contributed by atoms with Crippen LogP contribution in [0.5, 0.6) is 0 Å². The van der Waals surface area contributed by atoms with Gasteiger partial charge in [0.25, 0.3) is 11.8 Å². The smallest absolute Gasteiger partial charge is 0.257 e. The minimum Gasteiger partial charge on any atom is -0.342 e. The molecule has 3 amide bonds. The van der Waals surface area contributed by atoms with Crippen LogP contribution in [0.25, 0.3) is 0 Å². The van der Waals surface area contributed by atoms with Crippen molar-refractivity contribution in [3.63, 3.8) is 0 Å². The fourth-order valence-corrected chi connectivity index (χ4v) is 4.49. The molecule has 0 unspecified atom stereocenters. The summed E-state index contributed by atoms with van der Waals surface area (Å²) in [7, 11) is 0. The number of pyridine rings is 1. The summed E-state index contributed by atoms with van der Waals surface area (Å²) in [5.74, 6) is -0.0555. The second-order valence-corrected chi connectivity index (χ2v) is 8.58. The molecule has 1 N–H and O–H groups in total. The Labute approximate surface area is 188 Å². The number of rotatable bonds is 4. The molecule has 7 heteroatoms. The largest absolute Gasteiger partial charge is 0.342 e. The van der Waals surface area contributed by atoms with Crippen LogP contribution in [0, 0.1) is 5.92 Å². The average Bonchev–Trinajstić information content (AvgIpc) is 3.14. The Kier molecular flexibility index (Phi) is 7.14. The zero-order chi connectivity index (χ0) is 22.3. The lowest BCUT2D eigenvalue weighted by atomic mass is 9.94. The van der Waals surface area contributed by atoms with E-state index >= 15 is 0 Å². The van der Waals surface area contributed by atoms with Crippen LogP contribution in [0.3, 0.4) is 0 Å². The minimum absolute atomic E-state index is 0.0160. The van der Waals surface area contributed by atoms with E-state index in [1.807, 2.05) is 9.80 Å². The first kappa shape index (κ1) is 22.0. The molecule has 2 aliphatic rings. The number of carbonyl (C=O) groups is 3. The van der Waals surface area contributed by atoms with E-state index in [1.54, 1.807) is 42.6 Å². The van der Waals surface area contributed by atoms with Gasteiger partial charge in [-0.1, -0.05) is 18.9 Å². The lowest BCUT2D eigenvalue weighted by Gasteiger charge is -2.34. The van der Waals surface area contributed by atoms with Crippen molar-refractivity contribution in [2.75, 3.05) is 31.5 Å². The van der Waals surface area contributed by atoms with Gasteiger partial charge in [-0.05, 0) is 56.0 Å². The summed E-state index contributed by atoms with van der Waals surface area (Å²) >= 11 is 0. The van der Waals surface area contributed by atoms with Crippen molar-refractivity contribution in [3.8, 4) is 0 Å². The summed E-state index contributed by atoms with van der Waals surface area (Å²) in [5, 5.41) is 2.82. The standard InChI is InChI=1S/C25H30N4O3/c30-23(21-8-6-12-26-18-21)27-22-9-5-7-20(17-22)25(32)29-15-10-19(11-16-29)24(31)28-13-3-1-2-4-14-28/h5-9,12,17-19H,1-4,10-11,13-16H2,(H,27,30). The van der Waals surface area contributed by atoms with Gasteiger partial charge < -0.3 is 15.1 Å². The molecule has 0 saturated carbocycles. The maximum atomic E-state index is 13.0. The molecular weight excluding hydrogens is 404 g/mol. The highest BCUT2D eigenvalue weighted by molar-refractivity contribution is 6.05. The number of hydrogen-bond acceptors (Lipinski definition) is 4. The zero-order valence-electron chi connectivity index (χ0n) is 18.3. The average molecular weight is 435 g/mol. The van der Waals surface area contributed by atoms with Crippen LogP contribution < -0.4 is 5.32 Å². The van der Waals surface area contributed by atoms with Crippen LogP contribution >= 0.6 is 0 Å². The fraction of sp³-hybridized carbons (Fsp3) is 0.440. The molecule has 2 fully saturated rings. The summed E-state index contributed by atoms with van der Waals surface area (Å²) < 4.78 is 0. The molecule has 7 nitrogen and oxygen atoms in total. The summed E-state index contributed by atoms with van der Waals surface area (Å²) in [5.41, 5.74) is 1.56. The number of amides is 3. The van der Waals surface area contributed by atoms with E-state index in [9.17, 15) is 14.4 Å². The van der Waals surface area contributed by atoms with Gasteiger partial charge in [0, 0.05) is 55.7 Å². The molecule has 32 heavy (non-hydrogen) atoms. The summed E-state index contributed by atoms with van der Waals surface area (Å²) in [6.07, 6.45) is 9.13. The molecule has 3 heterocycles. The van der Waals surface area contributed by atoms with Gasteiger partial charge >= 0.3 is 0 Å². The maximum absolute atomic E-state index is 13.0. The van der Waals surface area contributed by atoms with Crippen molar-refractivity contribution in [1.29, 1.82) is 0 Å². The molecular formula is C25H30N4O3. The summed E-state index contributed by atoms with van der Waals surface area (Å²) in [4.78, 5) is 46.1. The predicted octanol–water partition coefficient (Wildman–Crippen LogP) is 3.59. The Morgan fingerprint density at radius 1 is 0.844 bits per heavy atom. The lowest BCUT2D eigenvalue weighted by Crippen LogP contribution is -2.44. The van der Waals surface area contributed by atoms with Gasteiger partial charge in [-0.25, -0.2) is 0 Å². The number of benzene rings is 1. The molecule has 1 aromatic carbocycles. The van der Waals surface area contributed by atoms with E-state index in [0.717, 1.165) is 25.9 Å². The Morgan fingerprint density at radius 3 is 2.25 bits per heavy atom. The van der Waals surface area contributed by atoms with E-state index in [2.05, 4.69) is 10.3 Å². The maximum Gasteiger partial charge on any atom is 0.257 e. The van der Waals surface area contributed by atoms with Crippen molar-refractivity contribution in [3.05, 3.63) is 59.9 Å². The molecule has 0 bridgehead atoms. The molecule has 2 aromatic rings. The molecule has 0 atom stereocenters. The number of hydrogen-bond donors (Lipinski definition) is 1. The highest BCUT2D eigenvalue weighted by Crippen LogP contribution is 2.23. The quantitative estimate of drug-likeness (QED) is 0.797. The van der Waals surface area contributed by atoms with Gasteiger partial charge in [0.1, 0.15) is 0 Å². The van der Waals surface area contributed by atoms with Crippen LogP contribution in [-0.4, -0.2) is 58.7 Å². The van der Waals surface area contributed by atoms with Crippen LogP contribution in [0.15, 0.2) is 48.8 Å². The normalized spacial score (nSPS) is 17.5. The molecule has 2 aliphatic heterocycles. The molecule has 1 aromatic heterocycles. The van der Waals surface area contributed by atoms with Crippen LogP contribution in [0.2, 0.25) is 0 Å². The number of nitrogens with one attached hydrogen (secondary N) is 1. The van der Waals surface area contributed by atoms with Gasteiger partial charge in [0.05, 0.1) is 5.56 Å². The van der Waals surface area contributed by atoms with Gasteiger partial charge in [-0.15, -0.1) is 0 Å². The fourth-order valence-electron chi connectivity index (χ4n) is 4.49. The van der Waals surface area contributed by atoms with E-state index < -0.39 is 0 Å². The van der Waals surface area contributed by atoms with Gasteiger partial charge in [-0.2, -0.15) is 0 Å². The number of anilines is 1. The Morgan fingerprint density at radius 2 is 1.56 bits per heavy atom. The first-order chi connectivity index (χ1) is 15.6. The molecule has 168 valence electrons. The number of carbonyl (C=O) groups excluding carboxylic acids is 3. The topological polar surface area (TPSA) is 82.6 Å². The molecule has 0 spiro atoms. The Hall–Kier alpha value is -3.22. The van der Waals surface area contributed by atoms with Crippen molar-refractivity contribution < 1.29 is 14.4 Å². The van der Waals surface area contributed by atoms with Crippen molar-refractivity contribution >= 4 is 23.4 Å². The molecule has 0 radical (unpaired) electrons. The zero-order valence-corrected chi connectivity index (χ0v) is 18.3. The monoisotopic (exact) mass is 434 g/mol. The third-order valence-electron chi connectivity index (χ3n) is 6.34. The van der Waals surface area contributed by atoms with E-state index in [-0.39, 0.29) is 23.6 Å². The van der Waals surface area contributed by atoms with Crippen LogP contribution in [-0.2, 0) is 4.79 Å². The second-order valence-electron chi connectivity index (χ2n) is 8.58. The van der Waals surface area contributed by atoms with E-state index in [0.29, 0.717) is 42.7 Å². The molecule has 4 rings (SSSR count). The number of nitrogens with zero attached hydrogens (tertiary/aromatic N) is 3.